The molecule has 1 heterocycles. The van der Waals surface area contributed by atoms with Gasteiger partial charge in [-0.1, -0.05) is 28.1 Å². The van der Waals surface area contributed by atoms with Crippen molar-refractivity contribution < 1.29 is 4.74 Å². The minimum absolute atomic E-state index is 0.205. The molecule has 106 valence electrons. The molecule has 1 aliphatic heterocycles. The van der Waals surface area contributed by atoms with Crippen LogP contribution in [0.4, 0.5) is 0 Å². The molecule has 4 heteroatoms. The van der Waals surface area contributed by atoms with E-state index in [1.807, 2.05) is 0 Å². The predicted octanol–water partition coefficient (Wildman–Crippen LogP) is 3.61. The molecule has 0 aromatic heterocycles. The third-order valence-electron chi connectivity index (χ3n) is 3.78. The van der Waals surface area contributed by atoms with Crippen LogP contribution in [0.3, 0.4) is 0 Å². The molecule has 0 bridgehead atoms. The fourth-order valence-electron chi connectivity index (χ4n) is 2.67. The third-order valence-corrected chi connectivity index (χ3v) is 4.46. The average molecular weight is 327 g/mol. The highest BCUT2D eigenvalue weighted by atomic mass is 79.9. The van der Waals surface area contributed by atoms with Crippen LogP contribution in [0.5, 0.6) is 0 Å². The second-order valence-electron chi connectivity index (χ2n) is 5.31. The first-order chi connectivity index (χ1) is 9.20. The number of hydrogen-bond donors (Lipinski definition) is 2. The number of rotatable bonds is 6. The van der Waals surface area contributed by atoms with E-state index < -0.39 is 0 Å². The van der Waals surface area contributed by atoms with Gasteiger partial charge in [0.05, 0.1) is 6.10 Å². The van der Waals surface area contributed by atoms with E-state index in [0.29, 0.717) is 6.10 Å². The van der Waals surface area contributed by atoms with Gasteiger partial charge in [0.2, 0.25) is 0 Å². The fraction of sp³-hybridized carbons (Fsp3) is 0.600. The summed E-state index contributed by atoms with van der Waals surface area (Å²) in [5, 5.41) is 0. The fourth-order valence-corrected chi connectivity index (χ4v) is 3.43. The number of nitrogens with one attached hydrogen (secondary N) is 1. The molecule has 0 saturated carbocycles. The molecule has 1 aliphatic rings. The summed E-state index contributed by atoms with van der Waals surface area (Å²) >= 11 is 3.63. The van der Waals surface area contributed by atoms with Crippen LogP contribution in [0.2, 0.25) is 0 Å². The van der Waals surface area contributed by atoms with Gasteiger partial charge in [-0.25, -0.2) is 0 Å². The van der Waals surface area contributed by atoms with Crippen LogP contribution in [0.1, 0.15) is 49.3 Å². The largest absolute Gasteiger partial charge is 0.378 e. The van der Waals surface area contributed by atoms with Crippen LogP contribution in [0.25, 0.3) is 0 Å². The first kappa shape index (κ1) is 15.0. The zero-order valence-corrected chi connectivity index (χ0v) is 13.1. The number of benzene rings is 1. The lowest BCUT2D eigenvalue weighted by atomic mass is 9.99. The minimum atomic E-state index is 0.205. The smallest absolute Gasteiger partial charge is 0.0576 e. The van der Waals surface area contributed by atoms with Crippen molar-refractivity contribution in [3.8, 4) is 0 Å². The maximum absolute atomic E-state index is 5.70. The highest BCUT2D eigenvalue weighted by Gasteiger charge is 2.17. The number of hydrogen-bond acceptors (Lipinski definition) is 3. The Kier molecular flexibility index (Phi) is 5.82. The molecule has 3 nitrogen and oxygen atoms in total. The number of aryl methyl sites for hydroxylation is 1. The quantitative estimate of drug-likeness (QED) is 0.620. The summed E-state index contributed by atoms with van der Waals surface area (Å²) in [6.45, 7) is 3.03. The molecule has 3 N–H and O–H groups in total. The van der Waals surface area contributed by atoms with Gasteiger partial charge in [-0.3, -0.25) is 11.3 Å². The van der Waals surface area contributed by atoms with Gasteiger partial charge < -0.3 is 4.74 Å². The number of hydrazine groups is 1. The standard InChI is InChI=1S/C15H23BrN2O/c1-11-7-8-13(14(16)10-11)15(18-17)6-2-4-12-5-3-9-19-12/h7-8,10,12,15,18H,2-6,9,17H2,1H3. The Morgan fingerprint density at radius 3 is 3.00 bits per heavy atom. The highest BCUT2D eigenvalue weighted by molar-refractivity contribution is 9.10. The van der Waals surface area contributed by atoms with E-state index in [2.05, 4.69) is 46.5 Å². The molecule has 0 spiro atoms. The zero-order valence-electron chi connectivity index (χ0n) is 11.5. The molecule has 0 radical (unpaired) electrons. The van der Waals surface area contributed by atoms with Crippen molar-refractivity contribution in [3.63, 3.8) is 0 Å². The molecule has 0 amide bonds. The SMILES string of the molecule is Cc1ccc(C(CCCC2CCCO2)NN)c(Br)c1. The molecule has 1 aromatic rings. The summed E-state index contributed by atoms with van der Waals surface area (Å²) in [4.78, 5) is 0. The molecule has 2 atom stereocenters. The van der Waals surface area contributed by atoms with Crippen LogP contribution in [-0.4, -0.2) is 12.7 Å². The van der Waals surface area contributed by atoms with E-state index in [-0.39, 0.29) is 6.04 Å². The van der Waals surface area contributed by atoms with E-state index in [1.54, 1.807) is 0 Å². The van der Waals surface area contributed by atoms with Gasteiger partial charge in [0.25, 0.3) is 0 Å². The Morgan fingerprint density at radius 1 is 1.53 bits per heavy atom. The van der Waals surface area contributed by atoms with Crippen molar-refractivity contribution in [1.82, 2.24) is 5.43 Å². The van der Waals surface area contributed by atoms with Gasteiger partial charge in [-0.05, 0) is 56.2 Å². The maximum atomic E-state index is 5.70. The van der Waals surface area contributed by atoms with Crippen molar-refractivity contribution in [2.75, 3.05) is 6.61 Å². The molecular formula is C15H23BrN2O. The van der Waals surface area contributed by atoms with Gasteiger partial charge in [-0.15, -0.1) is 0 Å². The lowest BCUT2D eigenvalue weighted by Crippen LogP contribution is -2.28. The third kappa shape index (κ3) is 4.28. The second-order valence-corrected chi connectivity index (χ2v) is 6.16. The van der Waals surface area contributed by atoms with Gasteiger partial charge in [0, 0.05) is 17.1 Å². The summed E-state index contributed by atoms with van der Waals surface area (Å²) in [7, 11) is 0. The summed E-state index contributed by atoms with van der Waals surface area (Å²) in [5.74, 6) is 5.70. The minimum Gasteiger partial charge on any atom is -0.378 e. The van der Waals surface area contributed by atoms with Gasteiger partial charge in [-0.2, -0.15) is 0 Å². The Labute approximate surface area is 124 Å². The van der Waals surface area contributed by atoms with E-state index in [4.69, 9.17) is 10.6 Å². The Hall–Kier alpha value is -0.420. The molecule has 1 fully saturated rings. The Balaban J connectivity index is 1.88. The van der Waals surface area contributed by atoms with E-state index in [9.17, 15) is 0 Å². The average Bonchev–Trinajstić information content (AvgIpc) is 2.89. The molecule has 2 rings (SSSR count). The van der Waals surface area contributed by atoms with Crippen LogP contribution >= 0.6 is 15.9 Å². The van der Waals surface area contributed by atoms with Crippen molar-refractivity contribution in [1.29, 1.82) is 0 Å². The van der Waals surface area contributed by atoms with Crippen molar-refractivity contribution >= 4 is 15.9 Å². The molecule has 2 unspecified atom stereocenters. The summed E-state index contributed by atoms with van der Waals surface area (Å²) in [6, 6.07) is 6.62. The molecular weight excluding hydrogens is 304 g/mol. The molecule has 0 aliphatic carbocycles. The van der Waals surface area contributed by atoms with Crippen molar-refractivity contribution in [2.24, 2.45) is 5.84 Å². The monoisotopic (exact) mass is 326 g/mol. The Morgan fingerprint density at radius 2 is 2.37 bits per heavy atom. The van der Waals surface area contributed by atoms with Crippen LogP contribution in [-0.2, 0) is 4.74 Å². The van der Waals surface area contributed by atoms with Crippen LogP contribution in [0, 0.1) is 6.92 Å². The van der Waals surface area contributed by atoms with Gasteiger partial charge in [0.15, 0.2) is 0 Å². The Bertz CT molecular complexity index is 405. The maximum Gasteiger partial charge on any atom is 0.0576 e. The lowest BCUT2D eigenvalue weighted by Gasteiger charge is -2.19. The number of ether oxygens (including phenoxy) is 1. The van der Waals surface area contributed by atoms with Gasteiger partial charge >= 0.3 is 0 Å². The predicted molar refractivity (Wildman–Crippen MR) is 81.8 cm³/mol. The van der Waals surface area contributed by atoms with Gasteiger partial charge in [0.1, 0.15) is 0 Å². The van der Waals surface area contributed by atoms with Crippen LogP contribution < -0.4 is 11.3 Å². The van der Waals surface area contributed by atoms with Crippen molar-refractivity contribution in [3.05, 3.63) is 33.8 Å². The van der Waals surface area contributed by atoms with E-state index >= 15 is 0 Å². The number of halogens is 1. The normalized spacial score (nSPS) is 20.7. The molecule has 19 heavy (non-hydrogen) atoms. The first-order valence-electron chi connectivity index (χ1n) is 7.04. The lowest BCUT2D eigenvalue weighted by molar-refractivity contribution is 0.101. The second kappa shape index (κ2) is 7.39. The van der Waals surface area contributed by atoms with Crippen LogP contribution in [0.15, 0.2) is 22.7 Å². The molecule has 1 aromatic carbocycles. The molecule has 1 saturated heterocycles. The number of nitrogens with two attached hydrogens (primary N) is 1. The first-order valence-corrected chi connectivity index (χ1v) is 7.84. The van der Waals surface area contributed by atoms with E-state index in [0.717, 1.165) is 30.3 Å². The topological polar surface area (TPSA) is 47.3 Å². The summed E-state index contributed by atoms with van der Waals surface area (Å²) in [5.41, 5.74) is 5.43. The zero-order chi connectivity index (χ0) is 13.7. The van der Waals surface area contributed by atoms with Crippen molar-refractivity contribution in [2.45, 2.75) is 51.2 Å². The van der Waals surface area contributed by atoms with E-state index in [1.165, 1.54) is 24.0 Å². The summed E-state index contributed by atoms with van der Waals surface area (Å²) in [6.07, 6.45) is 6.22. The highest BCUT2D eigenvalue weighted by Crippen LogP contribution is 2.28. The summed E-state index contributed by atoms with van der Waals surface area (Å²) < 4.78 is 6.78.